The Morgan fingerprint density at radius 2 is 1.97 bits per heavy atom. The molecule has 4 rings (SSSR count). The van der Waals surface area contributed by atoms with Crippen molar-refractivity contribution in [1.82, 2.24) is 4.90 Å². The summed E-state index contributed by atoms with van der Waals surface area (Å²) in [6.07, 6.45) is -1.23. The maximum absolute atomic E-state index is 13.3. The molecule has 0 N–H and O–H groups in total. The Balaban J connectivity index is 1.66. The number of amides is 2. The summed E-state index contributed by atoms with van der Waals surface area (Å²) in [4.78, 5) is 30.2. The van der Waals surface area contributed by atoms with E-state index in [1.165, 1.54) is 28.8 Å². The molecule has 0 radical (unpaired) electrons. The summed E-state index contributed by atoms with van der Waals surface area (Å²) in [5.74, 6) is -0.597. The molecule has 2 aliphatic rings. The maximum Gasteiger partial charge on any atom is 0.416 e. The number of hydrogen-bond donors (Lipinski definition) is 0. The summed E-state index contributed by atoms with van der Waals surface area (Å²) in [5.41, 5.74) is 0.226. The number of anilines is 1. The normalized spacial score (nSPS) is 20.3. The third kappa shape index (κ3) is 4.49. The van der Waals surface area contributed by atoms with Crippen LogP contribution in [0.1, 0.15) is 30.9 Å². The summed E-state index contributed by atoms with van der Waals surface area (Å²) in [6.45, 7) is 2.62. The van der Waals surface area contributed by atoms with Gasteiger partial charge in [0.15, 0.2) is 0 Å². The lowest BCUT2D eigenvalue weighted by Gasteiger charge is -2.31. The highest BCUT2D eigenvalue weighted by atomic mass is 32.2. The molecule has 2 aromatic rings. The Kier molecular flexibility index (Phi) is 5.83. The van der Waals surface area contributed by atoms with E-state index in [1.807, 2.05) is 19.1 Å². The zero-order valence-electron chi connectivity index (χ0n) is 16.9. The highest BCUT2D eigenvalue weighted by molar-refractivity contribution is 8.04. The molecular weight excluding hydrogens is 425 g/mol. The van der Waals surface area contributed by atoms with E-state index in [9.17, 15) is 22.8 Å². The lowest BCUT2D eigenvalue weighted by Crippen LogP contribution is -2.36. The van der Waals surface area contributed by atoms with Crippen molar-refractivity contribution in [2.75, 3.05) is 11.4 Å². The van der Waals surface area contributed by atoms with Gasteiger partial charge in [0.05, 0.1) is 22.7 Å². The standard InChI is InChI=1S/C23H21F3N2O2S/c1-15-6-5-11-27(15)21(29)13-20-22(30)28(18-9-2-3-10-19(18)31-20)14-16-7-4-8-17(12-16)23(24,25)26/h2-4,7-10,12-13,15H,5-6,11,14H2,1H3/b20-13+/t15-/m1/s1. The van der Waals surface area contributed by atoms with Crippen molar-refractivity contribution in [3.63, 3.8) is 0 Å². The first kappa shape index (κ1) is 21.5. The fourth-order valence-electron chi connectivity index (χ4n) is 3.90. The zero-order valence-corrected chi connectivity index (χ0v) is 17.7. The van der Waals surface area contributed by atoms with Gasteiger partial charge in [0.2, 0.25) is 5.91 Å². The van der Waals surface area contributed by atoms with E-state index in [1.54, 1.807) is 23.1 Å². The van der Waals surface area contributed by atoms with E-state index in [0.717, 1.165) is 29.9 Å². The maximum atomic E-state index is 13.3. The summed E-state index contributed by atoms with van der Waals surface area (Å²) in [6, 6.07) is 12.3. The van der Waals surface area contributed by atoms with Gasteiger partial charge in [0, 0.05) is 23.6 Å². The molecule has 0 aromatic heterocycles. The molecule has 4 nitrogen and oxygen atoms in total. The molecule has 0 aliphatic carbocycles. The van der Waals surface area contributed by atoms with Gasteiger partial charge in [-0.05, 0) is 49.6 Å². The lowest BCUT2D eigenvalue weighted by molar-refractivity contribution is -0.137. The molecule has 31 heavy (non-hydrogen) atoms. The topological polar surface area (TPSA) is 40.6 Å². The highest BCUT2D eigenvalue weighted by Crippen LogP contribution is 2.42. The van der Waals surface area contributed by atoms with Crippen molar-refractivity contribution in [3.05, 3.63) is 70.6 Å². The van der Waals surface area contributed by atoms with Crippen LogP contribution in [0.2, 0.25) is 0 Å². The number of alkyl halides is 3. The first-order valence-corrected chi connectivity index (χ1v) is 10.8. The van der Waals surface area contributed by atoms with E-state index in [0.29, 0.717) is 17.8 Å². The van der Waals surface area contributed by atoms with E-state index in [2.05, 4.69) is 0 Å². The fraction of sp³-hybridized carbons (Fsp3) is 0.304. The second kappa shape index (κ2) is 8.42. The van der Waals surface area contributed by atoms with E-state index in [4.69, 9.17) is 0 Å². The van der Waals surface area contributed by atoms with Crippen molar-refractivity contribution in [2.24, 2.45) is 0 Å². The first-order valence-electron chi connectivity index (χ1n) is 10.0. The number of para-hydroxylation sites is 1. The van der Waals surface area contributed by atoms with Gasteiger partial charge in [-0.3, -0.25) is 9.59 Å². The number of rotatable bonds is 3. The van der Waals surface area contributed by atoms with E-state index < -0.39 is 11.7 Å². The van der Waals surface area contributed by atoms with E-state index >= 15 is 0 Å². The lowest BCUT2D eigenvalue weighted by atomic mass is 10.1. The number of nitrogens with zero attached hydrogens (tertiary/aromatic N) is 2. The minimum atomic E-state index is -4.46. The van der Waals surface area contributed by atoms with Gasteiger partial charge in [-0.25, -0.2) is 0 Å². The van der Waals surface area contributed by atoms with Crippen molar-refractivity contribution in [2.45, 2.75) is 43.4 Å². The summed E-state index contributed by atoms with van der Waals surface area (Å²) >= 11 is 1.22. The number of likely N-dealkylation sites (tertiary alicyclic amines) is 1. The van der Waals surface area contributed by atoms with Crippen molar-refractivity contribution < 1.29 is 22.8 Å². The van der Waals surface area contributed by atoms with Crippen LogP contribution in [0.15, 0.2) is 64.4 Å². The van der Waals surface area contributed by atoms with E-state index in [-0.39, 0.29) is 29.3 Å². The number of thioether (sulfide) groups is 1. The third-order valence-corrected chi connectivity index (χ3v) is 6.60. The Bertz CT molecular complexity index is 1050. The van der Waals surface area contributed by atoms with Gasteiger partial charge in [0.25, 0.3) is 5.91 Å². The van der Waals surface area contributed by atoms with Crippen LogP contribution in [0, 0.1) is 0 Å². The second-order valence-electron chi connectivity index (χ2n) is 7.69. The van der Waals surface area contributed by atoms with Crippen LogP contribution in [-0.2, 0) is 22.3 Å². The zero-order chi connectivity index (χ0) is 22.2. The number of halogens is 3. The van der Waals surface area contributed by atoms with Crippen LogP contribution >= 0.6 is 11.8 Å². The molecule has 1 atom stereocenters. The highest BCUT2D eigenvalue weighted by Gasteiger charge is 2.33. The third-order valence-electron chi connectivity index (χ3n) is 5.52. The number of hydrogen-bond acceptors (Lipinski definition) is 3. The van der Waals surface area contributed by atoms with Crippen molar-refractivity contribution in [3.8, 4) is 0 Å². The van der Waals surface area contributed by atoms with Crippen LogP contribution < -0.4 is 4.90 Å². The number of carbonyl (C=O) groups excluding carboxylic acids is 2. The molecule has 0 spiro atoms. The molecule has 2 heterocycles. The van der Waals surface area contributed by atoms with Crippen LogP contribution in [0.25, 0.3) is 0 Å². The SMILES string of the molecule is C[C@@H]1CCCN1C(=O)/C=C1/Sc2ccccc2N(Cc2cccc(C(F)(F)F)c2)C1=O. The molecule has 8 heteroatoms. The quantitative estimate of drug-likeness (QED) is 0.606. The molecule has 2 aliphatic heterocycles. The molecule has 2 aromatic carbocycles. The largest absolute Gasteiger partial charge is 0.416 e. The average molecular weight is 446 g/mol. The van der Waals surface area contributed by atoms with Crippen LogP contribution in [-0.4, -0.2) is 29.3 Å². The summed E-state index contributed by atoms with van der Waals surface area (Å²) < 4.78 is 39.3. The molecule has 162 valence electrons. The average Bonchev–Trinajstić information content (AvgIpc) is 3.16. The second-order valence-corrected chi connectivity index (χ2v) is 8.77. The van der Waals surface area contributed by atoms with Gasteiger partial charge in [-0.1, -0.05) is 36.0 Å². The van der Waals surface area contributed by atoms with Gasteiger partial charge in [-0.15, -0.1) is 0 Å². The minimum absolute atomic E-state index is 0.0219. The molecule has 2 amide bonds. The van der Waals surface area contributed by atoms with Crippen LogP contribution in [0.5, 0.6) is 0 Å². The summed E-state index contributed by atoms with van der Waals surface area (Å²) in [5, 5.41) is 0. The van der Waals surface area contributed by atoms with Gasteiger partial charge in [-0.2, -0.15) is 13.2 Å². The Morgan fingerprint density at radius 1 is 1.19 bits per heavy atom. The Hall–Kier alpha value is -2.74. The Morgan fingerprint density at radius 3 is 2.68 bits per heavy atom. The monoisotopic (exact) mass is 446 g/mol. The van der Waals surface area contributed by atoms with Gasteiger partial charge in [0.1, 0.15) is 0 Å². The van der Waals surface area contributed by atoms with Gasteiger partial charge < -0.3 is 9.80 Å². The van der Waals surface area contributed by atoms with Crippen LogP contribution in [0.3, 0.4) is 0 Å². The Labute approximate surface area is 182 Å². The smallest absolute Gasteiger partial charge is 0.336 e. The number of fused-ring (bicyclic) bond motifs is 1. The molecule has 1 saturated heterocycles. The first-order chi connectivity index (χ1) is 14.7. The predicted octanol–water partition coefficient (Wildman–Crippen LogP) is 5.24. The van der Waals surface area contributed by atoms with Crippen molar-refractivity contribution in [1.29, 1.82) is 0 Å². The van der Waals surface area contributed by atoms with Crippen molar-refractivity contribution >= 4 is 29.3 Å². The number of carbonyl (C=O) groups is 2. The predicted molar refractivity (Wildman–Crippen MR) is 113 cm³/mol. The molecule has 0 saturated carbocycles. The fourth-order valence-corrected chi connectivity index (χ4v) is 4.93. The molecular formula is C23H21F3N2O2S. The molecule has 0 unspecified atom stereocenters. The van der Waals surface area contributed by atoms with Crippen LogP contribution in [0.4, 0.5) is 18.9 Å². The number of benzene rings is 2. The minimum Gasteiger partial charge on any atom is -0.336 e. The molecule has 0 bridgehead atoms. The summed E-state index contributed by atoms with van der Waals surface area (Å²) in [7, 11) is 0. The molecule has 1 fully saturated rings. The van der Waals surface area contributed by atoms with Gasteiger partial charge >= 0.3 is 6.18 Å².